The first kappa shape index (κ1) is 24.9. The molecule has 0 spiro atoms. The maximum Gasteiger partial charge on any atom is 0.394 e. The summed E-state index contributed by atoms with van der Waals surface area (Å²) in [4.78, 5) is 22.7. The van der Waals surface area contributed by atoms with Gasteiger partial charge in [0.1, 0.15) is 5.72 Å². The van der Waals surface area contributed by atoms with Gasteiger partial charge in [0.05, 0.1) is 12.2 Å². The Labute approximate surface area is 197 Å². The summed E-state index contributed by atoms with van der Waals surface area (Å²) in [7, 11) is 0. The molecule has 7 nitrogen and oxygen atoms in total. The van der Waals surface area contributed by atoms with Crippen molar-refractivity contribution < 1.29 is 30.0 Å². The fourth-order valence-electron chi connectivity index (χ4n) is 9.18. The first-order chi connectivity index (χ1) is 15.4. The van der Waals surface area contributed by atoms with Crippen LogP contribution in [0.1, 0.15) is 85.5 Å². The summed E-state index contributed by atoms with van der Waals surface area (Å²) in [6.07, 6.45) is 5.89. The molecular formula is C26H43NO6. The molecular weight excluding hydrogens is 422 g/mol. The third-order valence-corrected chi connectivity index (χ3v) is 10.9. The SMILES string of the molecule is CCC[C@@H](C)[C@H]1CCC2C3C(C[C@H](O)[C@@]21C)[C@@]1(C)CC[C@](O)(NC(=O)C(=O)O)CC1C[C@@H]3O. The average molecular weight is 466 g/mol. The summed E-state index contributed by atoms with van der Waals surface area (Å²) >= 11 is 0. The number of amides is 1. The Morgan fingerprint density at radius 3 is 2.42 bits per heavy atom. The highest BCUT2D eigenvalue weighted by Gasteiger charge is 2.66. The highest BCUT2D eigenvalue weighted by atomic mass is 16.4. The summed E-state index contributed by atoms with van der Waals surface area (Å²) in [5, 5.41) is 45.3. The van der Waals surface area contributed by atoms with E-state index in [9.17, 15) is 24.9 Å². The first-order valence-electron chi connectivity index (χ1n) is 13.0. The number of nitrogens with one attached hydrogen (secondary N) is 1. The summed E-state index contributed by atoms with van der Waals surface area (Å²) in [6, 6.07) is 0. The average Bonchev–Trinajstić information content (AvgIpc) is 3.09. The third kappa shape index (κ3) is 3.82. The molecule has 0 radical (unpaired) electrons. The van der Waals surface area contributed by atoms with E-state index in [1.165, 1.54) is 0 Å². The molecule has 0 aromatic carbocycles. The molecule has 1 amide bonds. The molecule has 188 valence electrons. The van der Waals surface area contributed by atoms with E-state index in [0.717, 1.165) is 25.7 Å². The van der Waals surface area contributed by atoms with Gasteiger partial charge in [0, 0.05) is 0 Å². The van der Waals surface area contributed by atoms with Crippen molar-refractivity contribution in [3.8, 4) is 0 Å². The van der Waals surface area contributed by atoms with Crippen LogP contribution in [0, 0.1) is 46.3 Å². The number of hydrogen-bond donors (Lipinski definition) is 5. The van der Waals surface area contributed by atoms with Crippen LogP contribution in [0.2, 0.25) is 0 Å². The highest BCUT2D eigenvalue weighted by Crippen LogP contribution is 2.68. The third-order valence-electron chi connectivity index (χ3n) is 10.9. The Morgan fingerprint density at radius 1 is 1.09 bits per heavy atom. The lowest BCUT2D eigenvalue weighted by atomic mass is 9.42. The second-order valence-electron chi connectivity index (χ2n) is 12.4. The lowest BCUT2D eigenvalue weighted by Gasteiger charge is -2.64. The molecule has 11 atom stereocenters. The van der Waals surface area contributed by atoms with Crippen LogP contribution in [0.5, 0.6) is 0 Å². The molecule has 4 aliphatic carbocycles. The number of aliphatic hydroxyl groups excluding tert-OH is 2. The van der Waals surface area contributed by atoms with Crippen molar-refractivity contribution in [1.82, 2.24) is 5.32 Å². The molecule has 4 fully saturated rings. The maximum absolute atomic E-state index is 11.7. The van der Waals surface area contributed by atoms with Crippen LogP contribution in [0.25, 0.3) is 0 Å². The Morgan fingerprint density at radius 2 is 1.79 bits per heavy atom. The van der Waals surface area contributed by atoms with Crippen LogP contribution in [-0.2, 0) is 9.59 Å². The van der Waals surface area contributed by atoms with Gasteiger partial charge in [-0.15, -0.1) is 0 Å². The van der Waals surface area contributed by atoms with Gasteiger partial charge >= 0.3 is 11.9 Å². The number of aliphatic hydroxyl groups is 3. The van der Waals surface area contributed by atoms with Crippen molar-refractivity contribution >= 4 is 11.9 Å². The van der Waals surface area contributed by atoms with Gasteiger partial charge in [-0.05, 0) is 91.3 Å². The molecule has 0 bridgehead atoms. The van der Waals surface area contributed by atoms with E-state index in [2.05, 4.69) is 33.0 Å². The van der Waals surface area contributed by atoms with Crippen molar-refractivity contribution in [2.24, 2.45) is 46.3 Å². The summed E-state index contributed by atoms with van der Waals surface area (Å²) in [5.74, 6) is -1.25. The number of carboxylic acids is 1. The zero-order valence-electron chi connectivity index (χ0n) is 20.6. The molecule has 4 aliphatic rings. The minimum Gasteiger partial charge on any atom is -0.474 e. The monoisotopic (exact) mass is 465 g/mol. The highest BCUT2D eigenvalue weighted by molar-refractivity contribution is 6.31. The van der Waals surface area contributed by atoms with Crippen LogP contribution in [0.3, 0.4) is 0 Å². The molecule has 4 rings (SSSR count). The van der Waals surface area contributed by atoms with E-state index < -0.39 is 29.8 Å². The number of carboxylic acid groups (broad SMARTS) is 1. The molecule has 0 aromatic rings. The minimum absolute atomic E-state index is 0.0469. The number of aliphatic carboxylic acids is 1. The Hall–Kier alpha value is -1.18. The van der Waals surface area contributed by atoms with Crippen LogP contribution in [0.4, 0.5) is 0 Å². The molecule has 33 heavy (non-hydrogen) atoms. The Balaban J connectivity index is 1.59. The van der Waals surface area contributed by atoms with Crippen LogP contribution < -0.4 is 5.32 Å². The lowest BCUT2D eigenvalue weighted by Crippen LogP contribution is -2.65. The summed E-state index contributed by atoms with van der Waals surface area (Å²) in [6.45, 7) is 9.03. The normalized spacial score (nSPS) is 50.0. The number of carbonyl (C=O) groups excluding carboxylic acids is 1. The molecule has 4 saturated carbocycles. The number of hydrogen-bond acceptors (Lipinski definition) is 5. The predicted molar refractivity (Wildman–Crippen MR) is 123 cm³/mol. The van der Waals surface area contributed by atoms with E-state index >= 15 is 0 Å². The molecule has 0 aliphatic heterocycles. The van der Waals surface area contributed by atoms with E-state index in [1.807, 2.05) is 0 Å². The largest absolute Gasteiger partial charge is 0.474 e. The number of fused-ring (bicyclic) bond motifs is 5. The van der Waals surface area contributed by atoms with Crippen LogP contribution in [-0.4, -0.2) is 50.2 Å². The van der Waals surface area contributed by atoms with Gasteiger partial charge in [-0.25, -0.2) is 4.79 Å². The second kappa shape index (κ2) is 8.49. The van der Waals surface area contributed by atoms with Crippen molar-refractivity contribution in [1.29, 1.82) is 0 Å². The van der Waals surface area contributed by atoms with Gasteiger partial charge in [0.15, 0.2) is 0 Å². The molecule has 7 heteroatoms. The summed E-state index contributed by atoms with van der Waals surface area (Å²) < 4.78 is 0. The van der Waals surface area contributed by atoms with Crippen LogP contribution in [0.15, 0.2) is 0 Å². The minimum atomic E-state index is -1.61. The van der Waals surface area contributed by atoms with E-state index in [-0.39, 0.29) is 47.3 Å². The lowest BCUT2D eigenvalue weighted by molar-refractivity contribution is -0.218. The van der Waals surface area contributed by atoms with Gasteiger partial charge in [-0.1, -0.05) is 40.5 Å². The van der Waals surface area contributed by atoms with Crippen molar-refractivity contribution in [3.63, 3.8) is 0 Å². The predicted octanol–water partition coefficient (Wildman–Crippen LogP) is 2.91. The molecule has 5 N–H and O–H groups in total. The Bertz CT molecular complexity index is 789. The zero-order chi connectivity index (χ0) is 24.3. The van der Waals surface area contributed by atoms with Crippen molar-refractivity contribution in [2.75, 3.05) is 0 Å². The maximum atomic E-state index is 11.7. The number of rotatable bonds is 4. The molecule has 4 unspecified atom stereocenters. The topological polar surface area (TPSA) is 127 Å². The molecule has 0 saturated heterocycles. The summed E-state index contributed by atoms with van der Waals surface area (Å²) in [5.41, 5.74) is -1.91. The van der Waals surface area contributed by atoms with Crippen molar-refractivity contribution in [3.05, 3.63) is 0 Å². The van der Waals surface area contributed by atoms with E-state index in [1.54, 1.807) is 0 Å². The molecule has 0 aromatic heterocycles. The van der Waals surface area contributed by atoms with Gasteiger partial charge in [0.25, 0.3) is 0 Å². The zero-order valence-corrected chi connectivity index (χ0v) is 20.6. The number of carbonyl (C=O) groups is 2. The van der Waals surface area contributed by atoms with E-state index in [0.29, 0.717) is 31.1 Å². The van der Waals surface area contributed by atoms with Crippen molar-refractivity contribution in [2.45, 2.75) is 103 Å². The van der Waals surface area contributed by atoms with Gasteiger partial charge < -0.3 is 25.7 Å². The van der Waals surface area contributed by atoms with Gasteiger partial charge in [0.2, 0.25) is 0 Å². The van der Waals surface area contributed by atoms with Gasteiger partial charge in [-0.3, -0.25) is 4.79 Å². The second-order valence-corrected chi connectivity index (χ2v) is 12.4. The smallest absolute Gasteiger partial charge is 0.394 e. The van der Waals surface area contributed by atoms with E-state index in [4.69, 9.17) is 5.11 Å². The molecule has 0 heterocycles. The first-order valence-corrected chi connectivity index (χ1v) is 13.0. The Kier molecular flexibility index (Phi) is 6.41. The fraction of sp³-hybridized carbons (Fsp3) is 0.923. The van der Waals surface area contributed by atoms with Crippen LogP contribution >= 0.6 is 0 Å². The van der Waals surface area contributed by atoms with Gasteiger partial charge in [-0.2, -0.15) is 0 Å². The fourth-order valence-corrected chi connectivity index (χ4v) is 9.18. The quantitative estimate of drug-likeness (QED) is 0.321. The standard InChI is InChI=1S/C26H43NO6/c1-5-6-14(2)16-7-8-17-21-18(12-20(29)25(16,17)4)24(3)9-10-26(33,27-22(30)23(31)32)13-15(24)11-19(21)28/h14-21,28-29,33H,5-13H2,1-4H3,(H,27,30)(H,31,32)/t14-,15?,16-,17?,18?,19+,20+,21?,24+,25-,26-/m1/s1.